The van der Waals surface area contributed by atoms with Gasteiger partial charge in [-0.3, -0.25) is 9.59 Å². The molecular weight excluding hydrogens is 234 g/mol. The zero-order valence-corrected chi connectivity index (χ0v) is 11.3. The van der Waals surface area contributed by atoms with Crippen molar-refractivity contribution in [3.8, 4) is 0 Å². The van der Waals surface area contributed by atoms with Crippen LogP contribution in [0.15, 0.2) is 0 Å². The van der Waals surface area contributed by atoms with Gasteiger partial charge in [0.1, 0.15) is 0 Å². The van der Waals surface area contributed by atoms with Crippen LogP contribution < -0.4 is 5.32 Å². The molecule has 0 saturated carbocycles. The van der Waals surface area contributed by atoms with E-state index in [1.807, 2.05) is 0 Å². The first-order chi connectivity index (χ1) is 8.62. The number of hydrogen-bond acceptors (Lipinski definition) is 5. The van der Waals surface area contributed by atoms with E-state index in [1.165, 1.54) is 14.2 Å². The van der Waals surface area contributed by atoms with Crippen molar-refractivity contribution in [2.45, 2.75) is 38.5 Å². The van der Waals surface area contributed by atoms with Crippen molar-refractivity contribution in [3.05, 3.63) is 0 Å². The molecule has 1 fully saturated rings. The number of carbonyl (C=O) groups excluding carboxylic acids is 2. The molecule has 0 aromatic rings. The molecule has 104 valence electrons. The van der Waals surface area contributed by atoms with E-state index in [2.05, 4.69) is 14.8 Å². The van der Waals surface area contributed by atoms with Crippen molar-refractivity contribution in [1.29, 1.82) is 0 Å². The van der Waals surface area contributed by atoms with Gasteiger partial charge in [-0.25, -0.2) is 0 Å². The Labute approximate surface area is 108 Å². The van der Waals surface area contributed by atoms with Crippen LogP contribution in [0.4, 0.5) is 0 Å². The van der Waals surface area contributed by atoms with Crippen LogP contribution in [0, 0.1) is 5.41 Å². The second kappa shape index (κ2) is 7.36. The summed E-state index contributed by atoms with van der Waals surface area (Å²) in [5, 5.41) is 3.31. The highest BCUT2D eigenvalue weighted by atomic mass is 16.5. The Morgan fingerprint density at radius 2 is 1.44 bits per heavy atom. The lowest BCUT2D eigenvalue weighted by atomic mass is 9.72. The smallest absolute Gasteiger partial charge is 0.305 e. The third-order valence-corrected chi connectivity index (χ3v) is 3.84. The summed E-state index contributed by atoms with van der Waals surface area (Å²) in [6, 6.07) is 0. The van der Waals surface area contributed by atoms with Crippen LogP contribution in [0.2, 0.25) is 0 Å². The van der Waals surface area contributed by atoms with Gasteiger partial charge in [0, 0.05) is 12.8 Å². The Kier molecular flexibility index (Phi) is 6.12. The van der Waals surface area contributed by atoms with E-state index in [1.54, 1.807) is 0 Å². The highest BCUT2D eigenvalue weighted by molar-refractivity contribution is 5.69. The Balaban J connectivity index is 2.51. The monoisotopic (exact) mass is 257 g/mol. The number of carbonyl (C=O) groups is 2. The molecular formula is C13H23NO4. The van der Waals surface area contributed by atoms with Crippen molar-refractivity contribution in [1.82, 2.24) is 5.32 Å². The zero-order chi connectivity index (χ0) is 13.4. The summed E-state index contributed by atoms with van der Waals surface area (Å²) in [5.74, 6) is -0.350. The first kappa shape index (κ1) is 15.0. The normalized spacial score (nSPS) is 18.1. The van der Waals surface area contributed by atoms with Gasteiger partial charge in [0.05, 0.1) is 14.2 Å². The minimum absolute atomic E-state index is 0.0770. The summed E-state index contributed by atoms with van der Waals surface area (Å²) in [6.45, 7) is 1.89. The summed E-state index contributed by atoms with van der Waals surface area (Å²) in [4.78, 5) is 22.5. The maximum absolute atomic E-state index is 11.3. The summed E-state index contributed by atoms with van der Waals surface area (Å²) in [7, 11) is 2.82. The summed E-state index contributed by atoms with van der Waals surface area (Å²) in [5.41, 5.74) is 0.0770. The fraction of sp³-hybridized carbons (Fsp3) is 0.846. The molecule has 0 radical (unpaired) electrons. The molecule has 1 heterocycles. The molecule has 0 spiro atoms. The van der Waals surface area contributed by atoms with Crippen LogP contribution in [-0.2, 0) is 19.1 Å². The molecule has 1 N–H and O–H groups in total. The van der Waals surface area contributed by atoms with E-state index in [0.717, 1.165) is 38.8 Å². The van der Waals surface area contributed by atoms with Crippen LogP contribution in [-0.4, -0.2) is 39.2 Å². The summed E-state index contributed by atoms with van der Waals surface area (Å²) >= 11 is 0. The van der Waals surface area contributed by atoms with Gasteiger partial charge >= 0.3 is 11.9 Å². The van der Waals surface area contributed by atoms with E-state index in [9.17, 15) is 9.59 Å². The average molecular weight is 257 g/mol. The Hall–Kier alpha value is -1.10. The lowest BCUT2D eigenvalue weighted by Crippen LogP contribution is -2.37. The second-order valence-electron chi connectivity index (χ2n) is 4.90. The lowest BCUT2D eigenvalue weighted by molar-refractivity contribution is -0.141. The van der Waals surface area contributed by atoms with Gasteiger partial charge in [-0.05, 0) is 44.2 Å². The standard InChI is InChI=1S/C13H23NO4/c1-17-11(15)3-5-13(6-4-12(16)18-2)7-9-14-10-8-13/h14H,3-10H2,1-2H3. The largest absolute Gasteiger partial charge is 0.469 e. The molecule has 1 aliphatic rings. The minimum atomic E-state index is -0.175. The maximum Gasteiger partial charge on any atom is 0.305 e. The first-order valence-electron chi connectivity index (χ1n) is 6.46. The number of ether oxygens (including phenoxy) is 2. The highest BCUT2D eigenvalue weighted by Gasteiger charge is 2.32. The quantitative estimate of drug-likeness (QED) is 0.726. The van der Waals surface area contributed by atoms with E-state index >= 15 is 0 Å². The summed E-state index contributed by atoms with van der Waals surface area (Å²) in [6.07, 6.45) is 4.44. The Morgan fingerprint density at radius 1 is 1.00 bits per heavy atom. The van der Waals surface area contributed by atoms with Crippen LogP contribution >= 0.6 is 0 Å². The van der Waals surface area contributed by atoms with Crippen LogP contribution in [0.5, 0.6) is 0 Å². The van der Waals surface area contributed by atoms with Crippen molar-refractivity contribution in [2.75, 3.05) is 27.3 Å². The van der Waals surface area contributed by atoms with E-state index < -0.39 is 0 Å². The Bertz CT molecular complexity index is 263. The fourth-order valence-corrected chi connectivity index (χ4v) is 2.52. The van der Waals surface area contributed by atoms with Crippen molar-refractivity contribution in [2.24, 2.45) is 5.41 Å². The molecule has 0 amide bonds. The van der Waals surface area contributed by atoms with E-state index in [-0.39, 0.29) is 17.4 Å². The molecule has 0 aromatic heterocycles. The van der Waals surface area contributed by atoms with Gasteiger partial charge in [0.2, 0.25) is 0 Å². The number of piperidine rings is 1. The van der Waals surface area contributed by atoms with Gasteiger partial charge in [0.25, 0.3) is 0 Å². The minimum Gasteiger partial charge on any atom is -0.469 e. The number of hydrogen-bond donors (Lipinski definition) is 1. The van der Waals surface area contributed by atoms with Crippen molar-refractivity contribution >= 4 is 11.9 Å². The molecule has 1 aliphatic heterocycles. The SMILES string of the molecule is COC(=O)CCC1(CCC(=O)OC)CCNCC1. The van der Waals surface area contributed by atoms with Gasteiger partial charge < -0.3 is 14.8 Å². The third-order valence-electron chi connectivity index (χ3n) is 3.84. The van der Waals surface area contributed by atoms with Gasteiger partial charge in [0.15, 0.2) is 0 Å². The fourth-order valence-electron chi connectivity index (χ4n) is 2.52. The molecule has 5 nitrogen and oxygen atoms in total. The molecule has 5 heteroatoms. The van der Waals surface area contributed by atoms with Gasteiger partial charge in [-0.15, -0.1) is 0 Å². The molecule has 18 heavy (non-hydrogen) atoms. The molecule has 0 atom stereocenters. The lowest BCUT2D eigenvalue weighted by Gasteiger charge is -2.37. The average Bonchev–Trinajstić information content (AvgIpc) is 2.43. The van der Waals surface area contributed by atoms with Crippen LogP contribution in [0.1, 0.15) is 38.5 Å². The van der Waals surface area contributed by atoms with Crippen molar-refractivity contribution in [3.63, 3.8) is 0 Å². The number of rotatable bonds is 6. The van der Waals surface area contributed by atoms with Crippen LogP contribution in [0.25, 0.3) is 0 Å². The molecule has 0 aromatic carbocycles. The first-order valence-corrected chi connectivity index (χ1v) is 6.46. The number of esters is 2. The maximum atomic E-state index is 11.3. The predicted octanol–water partition coefficient (Wildman–Crippen LogP) is 1.26. The van der Waals surface area contributed by atoms with Crippen LogP contribution in [0.3, 0.4) is 0 Å². The van der Waals surface area contributed by atoms with Crippen molar-refractivity contribution < 1.29 is 19.1 Å². The second-order valence-corrected chi connectivity index (χ2v) is 4.90. The Morgan fingerprint density at radius 3 is 1.83 bits per heavy atom. The number of methoxy groups -OCH3 is 2. The number of nitrogens with one attached hydrogen (secondary N) is 1. The molecule has 1 saturated heterocycles. The summed E-state index contributed by atoms with van der Waals surface area (Å²) < 4.78 is 9.37. The zero-order valence-electron chi connectivity index (χ0n) is 11.3. The van der Waals surface area contributed by atoms with Gasteiger partial charge in [-0.2, -0.15) is 0 Å². The predicted molar refractivity (Wildman–Crippen MR) is 67.0 cm³/mol. The highest BCUT2D eigenvalue weighted by Crippen LogP contribution is 2.38. The van der Waals surface area contributed by atoms with Gasteiger partial charge in [-0.1, -0.05) is 0 Å². The molecule has 1 rings (SSSR count). The van der Waals surface area contributed by atoms with E-state index in [0.29, 0.717) is 12.8 Å². The topological polar surface area (TPSA) is 64.6 Å². The molecule has 0 aliphatic carbocycles. The van der Waals surface area contributed by atoms with E-state index in [4.69, 9.17) is 0 Å². The third kappa shape index (κ3) is 4.64. The molecule has 0 unspecified atom stereocenters. The molecule has 0 bridgehead atoms.